The SMILES string of the molecule is O=C(O)CCN1C=Cc2cccc3cccc1c23. The minimum atomic E-state index is -0.769. The van der Waals surface area contributed by atoms with Gasteiger partial charge in [-0.2, -0.15) is 0 Å². The fraction of sp³-hybridized carbons (Fsp3) is 0.133. The molecule has 0 radical (unpaired) electrons. The van der Waals surface area contributed by atoms with E-state index in [1.54, 1.807) is 0 Å². The summed E-state index contributed by atoms with van der Waals surface area (Å²) in [5.41, 5.74) is 2.28. The second-order valence-corrected chi connectivity index (χ2v) is 4.38. The molecule has 0 saturated carbocycles. The van der Waals surface area contributed by atoms with E-state index >= 15 is 0 Å². The molecule has 3 nitrogen and oxygen atoms in total. The van der Waals surface area contributed by atoms with E-state index in [1.807, 2.05) is 35.4 Å². The van der Waals surface area contributed by atoms with Crippen LogP contribution in [0.3, 0.4) is 0 Å². The van der Waals surface area contributed by atoms with Crippen LogP contribution in [0.1, 0.15) is 12.0 Å². The summed E-state index contributed by atoms with van der Waals surface area (Å²) < 4.78 is 0. The number of anilines is 1. The first-order valence-electron chi connectivity index (χ1n) is 5.94. The number of aliphatic carboxylic acids is 1. The van der Waals surface area contributed by atoms with E-state index in [0.29, 0.717) is 6.54 Å². The average Bonchev–Trinajstić information content (AvgIpc) is 2.38. The Morgan fingerprint density at radius 3 is 2.72 bits per heavy atom. The number of nitrogens with zero attached hydrogens (tertiary/aromatic N) is 1. The van der Waals surface area contributed by atoms with Crippen molar-refractivity contribution >= 4 is 28.5 Å². The Bertz CT molecular complexity index is 641. The van der Waals surface area contributed by atoms with Crippen molar-refractivity contribution in [2.75, 3.05) is 11.4 Å². The van der Waals surface area contributed by atoms with Crippen molar-refractivity contribution in [2.24, 2.45) is 0 Å². The minimum absolute atomic E-state index is 0.142. The largest absolute Gasteiger partial charge is 0.481 e. The van der Waals surface area contributed by atoms with Gasteiger partial charge in [-0.25, -0.2) is 0 Å². The zero-order valence-electron chi connectivity index (χ0n) is 9.84. The van der Waals surface area contributed by atoms with Crippen LogP contribution in [0.4, 0.5) is 5.69 Å². The van der Waals surface area contributed by atoms with Crippen molar-refractivity contribution in [3.63, 3.8) is 0 Å². The predicted molar refractivity (Wildman–Crippen MR) is 72.6 cm³/mol. The zero-order valence-corrected chi connectivity index (χ0v) is 9.84. The summed E-state index contributed by atoms with van der Waals surface area (Å²) in [6, 6.07) is 12.3. The van der Waals surface area contributed by atoms with E-state index in [0.717, 1.165) is 5.69 Å². The number of carbonyl (C=O) groups is 1. The van der Waals surface area contributed by atoms with Crippen molar-refractivity contribution in [3.05, 3.63) is 48.2 Å². The fourth-order valence-electron chi connectivity index (χ4n) is 2.39. The van der Waals surface area contributed by atoms with Gasteiger partial charge in [0, 0.05) is 23.8 Å². The molecule has 90 valence electrons. The second-order valence-electron chi connectivity index (χ2n) is 4.38. The van der Waals surface area contributed by atoms with Crippen molar-refractivity contribution in [1.29, 1.82) is 0 Å². The first-order valence-corrected chi connectivity index (χ1v) is 5.94. The van der Waals surface area contributed by atoms with Gasteiger partial charge >= 0.3 is 5.97 Å². The molecule has 2 aromatic carbocycles. The van der Waals surface area contributed by atoms with Gasteiger partial charge in [0.15, 0.2) is 0 Å². The van der Waals surface area contributed by atoms with E-state index in [4.69, 9.17) is 5.11 Å². The van der Waals surface area contributed by atoms with Crippen LogP contribution in [0, 0.1) is 0 Å². The Kier molecular flexibility index (Phi) is 2.52. The Morgan fingerprint density at radius 1 is 1.17 bits per heavy atom. The van der Waals surface area contributed by atoms with Gasteiger partial charge in [-0.3, -0.25) is 4.79 Å². The maximum Gasteiger partial charge on any atom is 0.305 e. The summed E-state index contributed by atoms with van der Waals surface area (Å²) in [6.45, 7) is 0.499. The van der Waals surface area contributed by atoms with Gasteiger partial charge in [-0.05, 0) is 23.1 Å². The Labute approximate surface area is 105 Å². The standard InChI is InChI=1S/C15H13NO2/c17-14(18)8-10-16-9-7-12-4-1-3-11-5-2-6-13(16)15(11)12/h1-7,9H,8,10H2,(H,17,18). The van der Waals surface area contributed by atoms with Crippen LogP contribution < -0.4 is 4.90 Å². The molecule has 0 aliphatic carbocycles. The summed E-state index contributed by atoms with van der Waals surface area (Å²) in [7, 11) is 0. The highest BCUT2D eigenvalue weighted by atomic mass is 16.4. The number of carboxylic acids is 1. The molecule has 0 unspecified atom stereocenters. The number of hydrogen-bond donors (Lipinski definition) is 1. The molecule has 0 amide bonds. The van der Waals surface area contributed by atoms with Crippen LogP contribution in [0.25, 0.3) is 16.8 Å². The summed E-state index contributed by atoms with van der Waals surface area (Å²) in [5, 5.41) is 11.2. The molecule has 1 aliphatic heterocycles. The summed E-state index contributed by atoms with van der Waals surface area (Å²) in [5.74, 6) is -0.769. The molecule has 0 bridgehead atoms. The first kappa shape index (κ1) is 10.8. The van der Waals surface area contributed by atoms with E-state index in [2.05, 4.69) is 18.2 Å². The third-order valence-corrected chi connectivity index (χ3v) is 3.22. The van der Waals surface area contributed by atoms with Gasteiger partial charge in [0.05, 0.1) is 6.42 Å². The van der Waals surface area contributed by atoms with E-state index < -0.39 is 5.97 Å². The maximum absolute atomic E-state index is 10.7. The molecule has 0 saturated heterocycles. The molecule has 0 spiro atoms. The normalized spacial score (nSPS) is 13.0. The number of hydrogen-bond acceptors (Lipinski definition) is 2. The predicted octanol–water partition coefficient (Wildman–Crippen LogP) is 3.11. The zero-order chi connectivity index (χ0) is 12.5. The van der Waals surface area contributed by atoms with Gasteiger partial charge < -0.3 is 10.0 Å². The Balaban J connectivity index is 2.07. The molecular weight excluding hydrogens is 226 g/mol. The molecular formula is C15H13NO2. The summed E-state index contributed by atoms with van der Waals surface area (Å²) in [4.78, 5) is 12.7. The highest BCUT2D eigenvalue weighted by molar-refractivity contribution is 6.02. The molecule has 1 heterocycles. The number of benzene rings is 2. The molecule has 1 N–H and O–H groups in total. The first-order chi connectivity index (χ1) is 8.75. The lowest BCUT2D eigenvalue weighted by molar-refractivity contribution is -0.136. The van der Waals surface area contributed by atoms with Gasteiger partial charge in [0.25, 0.3) is 0 Å². The molecule has 2 aromatic rings. The van der Waals surface area contributed by atoms with Crippen molar-refractivity contribution in [1.82, 2.24) is 0 Å². The van der Waals surface area contributed by atoms with Crippen molar-refractivity contribution in [2.45, 2.75) is 6.42 Å². The monoisotopic (exact) mass is 239 g/mol. The van der Waals surface area contributed by atoms with Gasteiger partial charge in [-0.15, -0.1) is 0 Å². The quantitative estimate of drug-likeness (QED) is 0.894. The summed E-state index contributed by atoms with van der Waals surface area (Å²) >= 11 is 0. The lowest BCUT2D eigenvalue weighted by atomic mass is 9.99. The second kappa shape index (κ2) is 4.18. The van der Waals surface area contributed by atoms with Gasteiger partial charge in [-0.1, -0.05) is 30.3 Å². The molecule has 0 aromatic heterocycles. The van der Waals surface area contributed by atoms with Gasteiger partial charge in [0.1, 0.15) is 0 Å². The molecule has 1 aliphatic rings. The smallest absolute Gasteiger partial charge is 0.305 e. The third kappa shape index (κ3) is 1.74. The highest BCUT2D eigenvalue weighted by Crippen LogP contribution is 2.34. The molecule has 0 fully saturated rings. The van der Waals surface area contributed by atoms with Crippen molar-refractivity contribution in [3.8, 4) is 0 Å². The van der Waals surface area contributed by atoms with Crippen LogP contribution >= 0.6 is 0 Å². The molecule has 3 rings (SSSR count). The van der Waals surface area contributed by atoms with E-state index in [9.17, 15) is 4.79 Å². The average molecular weight is 239 g/mol. The maximum atomic E-state index is 10.7. The number of carboxylic acid groups (broad SMARTS) is 1. The van der Waals surface area contributed by atoms with Crippen LogP contribution in [0.15, 0.2) is 42.6 Å². The highest BCUT2D eigenvalue weighted by Gasteiger charge is 2.14. The van der Waals surface area contributed by atoms with Crippen LogP contribution in [-0.4, -0.2) is 17.6 Å². The van der Waals surface area contributed by atoms with Crippen molar-refractivity contribution < 1.29 is 9.90 Å². The Hall–Kier alpha value is -2.29. The number of rotatable bonds is 3. The molecule has 18 heavy (non-hydrogen) atoms. The fourth-order valence-corrected chi connectivity index (χ4v) is 2.39. The van der Waals surface area contributed by atoms with E-state index in [1.165, 1.54) is 16.3 Å². The lowest BCUT2D eigenvalue weighted by Crippen LogP contribution is -2.21. The molecule has 0 atom stereocenters. The van der Waals surface area contributed by atoms with Crippen LogP contribution in [0.5, 0.6) is 0 Å². The van der Waals surface area contributed by atoms with Crippen LogP contribution in [0.2, 0.25) is 0 Å². The minimum Gasteiger partial charge on any atom is -0.481 e. The third-order valence-electron chi connectivity index (χ3n) is 3.22. The van der Waals surface area contributed by atoms with E-state index in [-0.39, 0.29) is 6.42 Å². The topological polar surface area (TPSA) is 40.5 Å². The Morgan fingerprint density at radius 2 is 1.94 bits per heavy atom. The lowest BCUT2D eigenvalue weighted by Gasteiger charge is -2.25. The van der Waals surface area contributed by atoms with Crippen LogP contribution in [-0.2, 0) is 4.79 Å². The molecule has 3 heteroatoms. The summed E-state index contributed by atoms with van der Waals surface area (Å²) in [6.07, 6.45) is 4.14. The van der Waals surface area contributed by atoms with Gasteiger partial charge in [0.2, 0.25) is 0 Å².